The Morgan fingerprint density at radius 2 is 2.00 bits per heavy atom. The van der Waals surface area contributed by atoms with Gasteiger partial charge in [-0.05, 0) is 26.0 Å². The van der Waals surface area contributed by atoms with Crippen LogP contribution < -0.4 is 5.32 Å². The van der Waals surface area contributed by atoms with Crippen LogP contribution in [0.4, 0.5) is 5.69 Å². The molecule has 7 heteroatoms. The van der Waals surface area contributed by atoms with Crippen LogP contribution in [0.5, 0.6) is 0 Å². The fourth-order valence-electron chi connectivity index (χ4n) is 1.74. The summed E-state index contributed by atoms with van der Waals surface area (Å²) in [6, 6.07) is 4.88. The summed E-state index contributed by atoms with van der Waals surface area (Å²) in [5.41, 5.74) is 0.723. The second kappa shape index (κ2) is 9.02. The molecule has 20 heavy (non-hydrogen) atoms. The summed E-state index contributed by atoms with van der Waals surface area (Å²) >= 11 is 3.32. The highest BCUT2D eigenvalue weighted by Gasteiger charge is 2.14. The number of rotatable bonds is 9. The Kier molecular flexibility index (Phi) is 7.68. The highest BCUT2D eigenvalue weighted by Crippen LogP contribution is 2.22. The SMILES string of the molecule is CCOC(CNCc1cc(Br)ccc1[N+](=O)[O-])OCC. The number of benzene rings is 1. The summed E-state index contributed by atoms with van der Waals surface area (Å²) in [6.07, 6.45) is -0.337. The molecule has 6 nitrogen and oxygen atoms in total. The van der Waals surface area contributed by atoms with Gasteiger partial charge in [-0.3, -0.25) is 10.1 Å². The molecule has 0 atom stereocenters. The second-order valence-electron chi connectivity index (χ2n) is 4.00. The van der Waals surface area contributed by atoms with Crippen LogP contribution in [0, 0.1) is 10.1 Å². The Labute approximate surface area is 126 Å². The molecule has 0 unspecified atom stereocenters. The van der Waals surface area contributed by atoms with Gasteiger partial charge in [-0.15, -0.1) is 0 Å². The fourth-order valence-corrected chi connectivity index (χ4v) is 2.14. The van der Waals surface area contributed by atoms with Gasteiger partial charge in [0.05, 0.1) is 4.92 Å². The molecule has 1 aromatic rings. The highest BCUT2D eigenvalue weighted by atomic mass is 79.9. The number of nitrogens with one attached hydrogen (secondary N) is 1. The molecule has 112 valence electrons. The third-order valence-electron chi connectivity index (χ3n) is 2.57. The van der Waals surface area contributed by atoms with E-state index < -0.39 is 0 Å². The normalized spacial score (nSPS) is 11.0. The molecule has 0 aliphatic rings. The number of hydrogen-bond acceptors (Lipinski definition) is 5. The van der Waals surface area contributed by atoms with Crippen molar-refractivity contribution in [2.45, 2.75) is 26.7 Å². The monoisotopic (exact) mass is 346 g/mol. The van der Waals surface area contributed by atoms with Crippen molar-refractivity contribution in [3.8, 4) is 0 Å². The van der Waals surface area contributed by atoms with Crippen molar-refractivity contribution in [1.82, 2.24) is 5.32 Å². The molecule has 0 bridgehead atoms. The van der Waals surface area contributed by atoms with Crippen LogP contribution in [-0.2, 0) is 16.0 Å². The Bertz CT molecular complexity index is 436. The molecule has 0 fully saturated rings. The maximum atomic E-state index is 10.9. The zero-order valence-electron chi connectivity index (χ0n) is 11.6. The first-order valence-electron chi connectivity index (χ1n) is 6.45. The first-order chi connectivity index (χ1) is 9.58. The van der Waals surface area contributed by atoms with E-state index in [4.69, 9.17) is 9.47 Å². The molecule has 0 spiro atoms. The lowest BCUT2D eigenvalue weighted by atomic mass is 10.2. The number of ether oxygens (including phenoxy) is 2. The Morgan fingerprint density at radius 3 is 2.55 bits per heavy atom. The van der Waals surface area contributed by atoms with Gasteiger partial charge in [0.1, 0.15) is 0 Å². The molecule has 0 saturated carbocycles. The predicted octanol–water partition coefficient (Wildman–Crippen LogP) is 2.85. The van der Waals surface area contributed by atoms with Gasteiger partial charge < -0.3 is 14.8 Å². The van der Waals surface area contributed by atoms with Crippen molar-refractivity contribution in [3.63, 3.8) is 0 Å². The average molecular weight is 347 g/mol. The van der Waals surface area contributed by atoms with Crippen LogP contribution in [0.3, 0.4) is 0 Å². The largest absolute Gasteiger partial charge is 0.352 e. The maximum absolute atomic E-state index is 10.9. The highest BCUT2D eigenvalue weighted by molar-refractivity contribution is 9.10. The molecule has 0 radical (unpaired) electrons. The summed E-state index contributed by atoms with van der Waals surface area (Å²) in [5.74, 6) is 0. The van der Waals surface area contributed by atoms with Crippen molar-refractivity contribution < 1.29 is 14.4 Å². The van der Waals surface area contributed by atoms with Crippen LogP contribution in [-0.4, -0.2) is 31.0 Å². The van der Waals surface area contributed by atoms with Crippen molar-refractivity contribution in [2.75, 3.05) is 19.8 Å². The number of nitrogens with zero attached hydrogens (tertiary/aromatic N) is 1. The maximum Gasteiger partial charge on any atom is 0.273 e. The first-order valence-corrected chi connectivity index (χ1v) is 7.24. The Balaban J connectivity index is 2.60. The molecule has 0 saturated heterocycles. The Hall–Kier alpha value is -1.02. The van der Waals surface area contributed by atoms with Crippen LogP contribution in [0.25, 0.3) is 0 Å². The summed E-state index contributed by atoms with van der Waals surface area (Å²) in [7, 11) is 0. The van der Waals surface area contributed by atoms with Gasteiger partial charge in [0.15, 0.2) is 6.29 Å². The fraction of sp³-hybridized carbons (Fsp3) is 0.538. The van der Waals surface area contributed by atoms with Gasteiger partial charge in [-0.2, -0.15) is 0 Å². The van der Waals surface area contributed by atoms with E-state index >= 15 is 0 Å². The van der Waals surface area contributed by atoms with Crippen LogP contribution in [0.15, 0.2) is 22.7 Å². The number of halogens is 1. The molecular formula is C13H19BrN2O4. The first kappa shape index (κ1) is 17.0. The van der Waals surface area contributed by atoms with E-state index in [1.165, 1.54) is 6.07 Å². The molecule has 0 amide bonds. The van der Waals surface area contributed by atoms with E-state index in [1.807, 2.05) is 13.8 Å². The number of nitro groups is 1. The van der Waals surface area contributed by atoms with E-state index in [0.717, 1.165) is 4.47 Å². The van der Waals surface area contributed by atoms with Crippen LogP contribution in [0.2, 0.25) is 0 Å². The van der Waals surface area contributed by atoms with Crippen molar-refractivity contribution in [2.24, 2.45) is 0 Å². The molecule has 1 rings (SSSR count). The van der Waals surface area contributed by atoms with Gasteiger partial charge in [-0.25, -0.2) is 0 Å². The summed E-state index contributed by atoms with van der Waals surface area (Å²) in [6.45, 7) is 5.76. The third-order valence-corrected chi connectivity index (χ3v) is 3.06. The van der Waals surface area contributed by atoms with E-state index in [9.17, 15) is 10.1 Å². The lowest BCUT2D eigenvalue weighted by Crippen LogP contribution is -2.31. The molecule has 0 aliphatic heterocycles. The molecule has 0 heterocycles. The van der Waals surface area contributed by atoms with Gasteiger partial charge in [0.2, 0.25) is 0 Å². The minimum atomic E-state index is -0.383. The topological polar surface area (TPSA) is 73.6 Å². The smallest absolute Gasteiger partial charge is 0.273 e. The molecule has 1 aromatic carbocycles. The zero-order chi connectivity index (χ0) is 15.0. The molecule has 0 aliphatic carbocycles. The van der Waals surface area contributed by atoms with Crippen LogP contribution >= 0.6 is 15.9 Å². The number of hydrogen-bond donors (Lipinski definition) is 1. The molecule has 1 N–H and O–H groups in total. The van der Waals surface area contributed by atoms with Gasteiger partial charge >= 0.3 is 0 Å². The lowest BCUT2D eigenvalue weighted by Gasteiger charge is -2.17. The van der Waals surface area contributed by atoms with E-state index in [0.29, 0.717) is 31.9 Å². The second-order valence-corrected chi connectivity index (χ2v) is 4.92. The van der Waals surface area contributed by atoms with Crippen molar-refractivity contribution in [1.29, 1.82) is 0 Å². The van der Waals surface area contributed by atoms with Crippen LogP contribution in [0.1, 0.15) is 19.4 Å². The predicted molar refractivity (Wildman–Crippen MR) is 79.5 cm³/mol. The molecule has 0 aromatic heterocycles. The number of nitro benzene ring substituents is 1. The summed E-state index contributed by atoms with van der Waals surface area (Å²) in [4.78, 5) is 10.6. The van der Waals surface area contributed by atoms with Crippen molar-refractivity contribution in [3.05, 3.63) is 38.3 Å². The van der Waals surface area contributed by atoms with Crippen molar-refractivity contribution >= 4 is 21.6 Å². The van der Waals surface area contributed by atoms with E-state index in [1.54, 1.807) is 12.1 Å². The summed E-state index contributed by atoms with van der Waals surface area (Å²) < 4.78 is 11.6. The van der Waals surface area contributed by atoms with Gasteiger partial charge in [0.25, 0.3) is 5.69 Å². The molecular weight excluding hydrogens is 328 g/mol. The van der Waals surface area contributed by atoms with Gasteiger partial charge in [0, 0.05) is 42.4 Å². The standard InChI is InChI=1S/C13H19BrN2O4/c1-3-19-13(20-4-2)9-15-8-10-7-11(14)5-6-12(10)16(17)18/h5-7,13,15H,3-4,8-9H2,1-2H3. The summed E-state index contributed by atoms with van der Waals surface area (Å²) in [5, 5.41) is 14.1. The Morgan fingerprint density at radius 1 is 1.35 bits per heavy atom. The van der Waals surface area contributed by atoms with E-state index in [-0.39, 0.29) is 16.9 Å². The third kappa shape index (κ3) is 5.54. The van der Waals surface area contributed by atoms with Gasteiger partial charge in [-0.1, -0.05) is 15.9 Å². The minimum Gasteiger partial charge on any atom is -0.352 e. The minimum absolute atomic E-state index is 0.102. The lowest BCUT2D eigenvalue weighted by molar-refractivity contribution is -0.385. The quantitative estimate of drug-likeness (QED) is 0.422. The zero-order valence-corrected chi connectivity index (χ0v) is 13.2. The average Bonchev–Trinajstić information content (AvgIpc) is 2.39. The van der Waals surface area contributed by atoms with E-state index in [2.05, 4.69) is 21.2 Å².